The van der Waals surface area contributed by atoms with E-state index in [0.717, 1.165) is 52.8 Å². The molecule has 6 heteroatoms. The first-order valence-electron chi connectivity index (χ1n) is 10.4. The molecule has 0 saturated carbocycles. The van der Waals surface area contributed by atoms with Crippen molar-refractivity contribution in [2.24, 2.45) is 0 Å². The lowest BCUT2D eigenvalue weighted by Crippen LogP contribution is -2.27. The maximum absolute atomic E-state index is 13.4. The fraction of sp³-hybridized carbons (Fsp3) is 0.200. The first-order valence-corrected chi connectivity index (χ1v) is 11.6. The maximum Gasteiger partial charge on any atom is 0.166 e. The Balaban J connectivity index is 1.43. The minimum absolute atomic E-state index is 0.251. The number of anilines is 1. The van der Waals surface area contributed by atoms with Crippen LogP contribution in [0, 0.1) is 5.82 Å². The van der Waals surface area contributed by atoms with E-state index in [-0.39, 0.29) is 5.82 Å². The number of nitrogens with one attached hydrogen (secondary N) is 2. The van der Waals surface area contributed by atoms with Gasteiger partial charge < -0.3 is 10.3 Å². The predicted molar refractivity (Wildman–Crippen MR) is 125 cm³/mol. The molecule has 2 aromatic carbocycles. The minimum atomic E-state index is -0.251. The second-order valence-corrected chi connectivity index (χ2v) is 8.55. The molecule has 1 unspecified atom stereocenters. The second-order valence-electron chi connectivity index (χ2n) is 7.76. The molecule has 4 nitrogen and oxygen atoms in total. The minimum Gasteiger partial charge on any atom is -0.367 e. The molecular formula is C25H23FN4S. The van der Waals surface area contributed by atoms with E-state index in [1.807, 2.05) is 24.6 Å². The Kier molecular flexibility index (Phi) is 5.47. The van der Waals surface area contributed by atoms with Crippen LogP contribution in [0.15, 0.2) is 72.0 Å². The number of halogens is 1. The summed E-state index contributed by atoms with van der Waals surface area (Å²) in [6.07, 6.45) is 6.97. The topological polar surface area (TPSA) is 53.6 Å². The molecule has 0 spiro atoms. The van der Waals surface area contributed by atoms with Crippen molar-refractivity contribution in [3.05, 3.63) is 83.8 Å². The molecule has 1 atom stereocenters. The molecule has 2 N–H and O–H groups in total. The molecule has 0 saturated heterocycles. The van der Waals surface area contributed by atoms with E-state index in [0.29, 0.717) is 6.04 Å². The van der Waals surface area contributed by atoms with Crippen LogP contribution < -0.4 is 5.32 Å². The summed E-state index contributed by atoms with van der Waals surface area (Å²) in [4.78, 5) is 12.7. The molecule has 1 aliphatic carbocycles. The third kappa shape index (κ3) is 4.21. The zero-order chi connectivity index (χ0) is 21.2. The fourth-order valence-corrected chi connectivity index (χ4v) is 4.56. The van der Waals surface area contributed by atoms with Crippen LogP contribution in [-0.4, -0.2) is 27.2 Å². The Hall–Kier alpha value is -3.12. The number of fused-ring (bicyclic) bond motifs is 1. The quantitative estimate of drug-likeness (QED) is 0.383. The average Bonchev–Trinajstić information content (AvgIpc) is 3.24. The van der Waals surface area contributed by atoms with E-state index in [4.69, 9.17) is 4.98 Å². The van der Waals surface area contributed by atoms with Crippen LogP contribution in [0.5, 0.6) is 0 Å². The smallest absolute Gasteiger partial charge is 0.166 e. The van der Waals surface area contributed by atoms with E-state index in [1.165, 1.54) is 23.3 Å². The van der Waals surface area contributed by atoms with Gasteiger partial charge in [-0.3, -0.25) is 0 Å². The van der Waals surface area contributed by atoms with Gasteiger partial charge in [-0.05, 0) is 73.0 Å². The number of aryl methyl sites for hydroxylation is 1. The zero-order valence-corrected chi connectivity index (χ0v) is 18.0. The maximum atomic E-state index is 13.4. The van der Waals surface area contributed by atoms with Crippen molar-refractivity contribution in [3.63, 3.8) is 0 Å². The van der Waals surface area contributed by atoms with Crippen molar-refractivity contribution in [2.75, 3.05) is 11.6 Å². The highest BCUT2D eigenvalue weighted by atomic mass is 32.2. The Morgan fingerprint density at radius 2 is 1.84 bits per heavy atom. The van der Waals surface area contributed by atoms with Crippen LogP contribution in [0.3, 0.4) is 0 Å². The number of thioether (sulfide) groups is 1. The average molecular weight is 431 g/mol. The number of aromatic amines is 1. The van der Waals surface area contributed by atoms with Crippen molar-refractivity contribution in [3.8, 4) is 22.5 Å². The van der Waals surface area contributed by atoms with Gasteiger partial charge in [-0.1, -0.05) is 36.0 Å². The number of nitrogens with zero attached hydrogens (tertiary/aromatic N) is 2. The molecule has 5 rings (SSSR count). The van der Waals surface area contributed by atoms with Crippen LogP contribution in [0.4, 0.5) is 10.2 Å². The van der Waals surface area contributed by atoms with Crippen LogP contribution in [-0.2, 0) is 12.8 Å². The third-order valence-electron chi connectivity index (χ3n) is 5.74. The molecule has 0 amide bonds. The van der Waals surface area contributed by atoms with Crippen molar-refractivity contribution in [1.29, 1.82) is 0 Å². The second kappa shape index (κ2) is 8.55. The summed E-state index contributed by atoms with van der Waals surface area (Å²) in [5, 5.41) is 4.44. The van der Waals surface area contributed by atoms with Gasteiger partial charge >= 0.3 is 0 Å². The third-order valence-corrected chi connectivity index (χ3v) is 6.32. The molecule has 156 valence electrons. The first-order chi connectivity index (χ1) is 15.2. The SMILES string of the molecule is CSc1nc(-c2ccnc(NC3CCc4ccccc4C3)c2)c(-c2ccc(F)cc2)[nH]1. The summed E-state index contributed by atoms with van der Waals surface area (Å²) < 4.78 is 13.4. The van der Waals surface area contributed by atoms with Gasteiger partial charge in [0.2, 0.25) is 0 Å². The molecule has 0 radical (unpaired) electrons. The molecule has 4 aromatic rings. The summed E-state index contributed by atoms with van der Waals surface area (Å²) in [5.74, 6) is 0.597. The monoisotopic (exact) mass is 430 g/mol. The molecule has 0 aliphatic heterocycles. The van der Waals surface area contributed by atoms with Gasteiger partial charge in [-0.15, -0.1) is 0 Å². The molecule has 2 heterocycles. The van der Waals surface area contributed by atoms with E-state index < -0.39 is 0 Å². The van der Waals surface area contributed by atoms with Crippen LogP contribution in [0.1, 0.15) is 17.5 Å². The Morgan fingerprint density at radius 3 is 2.65 bits per heavy atom. The first kappa shape index (κ1) is 19.8. The standard InChI is InChI=1S/C25H23FN4S/c1-31-25-29-23(17-6-9-20(26)10-7-17)24(30-25)19-12-13-27-22(15-19)28-21-11-8-16-4-2-3-5-18(16)14-21/h2-7,9-10,12-13,15,21H,8,11,14H2,1H3,(H,27,28)(H,29,30). The summed E-state index contributed by atoms with van der Waals surface area (Å²) in [7, 11) is 0. The van der Waals surface area contributed by atoms with Crippen molar-refractivity contribution in [1.82, 2.24) is 15.0 Å². The van der Waals surface area contributed by atoms with Gasteiger partial charge in [-0.25, -0.2) is 14.4 Å². The van der Waals surface area contributed by atoms with Gasteiger partial charge in [0.15, 0.2) is 5.16 Å². The number of aromatic nitrogens is 3. The Labute approximate surface area is 185 Å². The lowest BCUT2D eigenvalue weighted by molar-refractivity contribution is 0.609. The van der Waals surface area contributed by atoms with Gasteiger partial charge in [0.05, 0.1) is 11.4 Å². The summed E-state index contributed by atoms with van der Waals surface area (Å²) in [6, 6.07) is 19.5. The van der Waals surface area contributed by atoms with E-state index >= 15 is 0 Å². The summed E-state index contributed by atoms with van der Waals surface area (Å²) >= 11 is 1.55. The molecule has 0 fully saturated rings. The van der Waals surface area contributed by atoms with Crippen molar-refractivity contribution < 1.29 is 4.39 Å². The fourth-order valence-electron chi connectivity index (χ4n) is 4.17. The number of rotatable bonds is 5. The van der Waals surface area contributed by atoms with Crippen LogP contribution in [0.25, 0.3) is 22.5 Å². The lowest BCUT2D eigenvalue weighted by Gasteiger charge is -2.26. The Bertz CT molecular complexity index is 1200. The van der Waals surface area contributed by atoms with Crippen molar-refractivity contribution in [2.45, 2.75) is 30.5 Å². The number of imidazole rings is 1. The molecule has 31 heavy (non-hydrogen) atoms. The molecular weight excluding hydrogens is 407 g/mol. The number of hydrogen-bond donors (Lipinski definition) is 2. The number of hydrogen-bond acceptors (Lipinski definition) is 4. The van der Waals surface area contributed by atoms with E-state index in [9.17, 15) is 4.39 Å². The van der Waals surface area contributed by atoms with Crippen molar-refractivity contribution >= 4 is 17.6 Å². The Morgan fingerprint density at radius 1 is 1.03 bits per heavy atom. The zero-order valence-electron chi connectivity index (χ0n) is 17.2. The summed E-state index contributed by atoms with van der Waals surface area (Å²) in [6.45, 7) is 0. The van der Waals surface area contributed by atoms with E-state index in [1.54, 1.807) is 23.9 Å². The normalized spacial score (nSPS) is 15.5. The van der Waals surface area contributed by atoms with Crippen LogP contribution >= 0.6 is 11.8 Å². The highest BCUT2D eigenvalue weighted by Crippen LogP contribution is 2.33. The number of benzene rings is 2. The molecule has 1 aliphatic rings. The predicted octanol–water partition coefficient (Wildman–Crippen LogP) is 5.97. The lowest BCUT2D eigenvalue weighted by atomic mass is 9.88. The van der Waals surface area contributed by atoms with Gasteiger partial charge in [0.1, 0.15) is 11.6 Å². The van der Waals surface area contributed by atoms with Gasteiger partial charge in [0, 0.05) is 23.4 Å². The largest absolute Gasteiger partial charge is 0.367 e. The summed E-state index contributed by atoms with van der Waals surface area (Å²) in [5.41, 5.74) is 6.47. The van der Waals surface area contributed by atoms with E-state index in [2.05, 4.69) is 39.6 Å². The number of H-pyrrole nitrogens is 1. The highest BCUT2D eigenvalue weighted by Gasteiger charge is 2.19. The number of pyridine rings is 1. The van der Waals surface area contributed by atoms with Gasteiger partial charge in [-0.2, -0.15) is 0 Å². The molecule has 0 bridgehead atoms. The molecule has 2 aromatic heterocycles. The van der Waals surface area contributed by atoms with Gasteiger partial charge in [0.25, 0.3) is 0 Å². The van der Waals surface area contributed by atoms with Crippen LogP contribution in [0.2, 0.25) is 0 Å². The highest BCUT2D eigenvalue weighted by molar-refractivity contribution is 7.98.